The summed E-state index contributed by atoms with van der Waals surface area (Å²) in [7, 11) is 0. The second-order valence-electron chi connectivity index (χ2n) is 6.88. The normalized spacial score (nSPS) is 24.1. The van der Waals surface area contributed by atoms with Crippen molar-refractivity contribution in [1.29, 1.82) is 0 Å². The number of nitrogens with zero attached hydrogens (tertiary/aromatic N) is 1. The van der Waals surface area contributed by atoms with E-state index in [1.807, 2.05) is 17.9 Å². The highest BCUT2D eigenvalue weighted by atomic mass is 19.4. The molecule has 0 aromatic heterocycles. The van der Waals surface area contributed by atoms with Gasteiger partial charge in [0.25, 0.3) is 0 Å². The molecule has 2 unspecified atom stereocenters. The Balaban J connectivity index is 1.65. The van der Waals surface area contributed by atoms with Crippen LogP contribution in [0.3, 0.4) is 0 Å². The molecule has 1 saturated carbocycles. The largest absolute Gasteiger partial charge is 0.416 e. The first-order valence-electron chi connectivity index (χ1n) is 8.58. The molecule has 1 fully saturated rings. The van der Waals surface area contributed by atoms with Gasteiger partial charge in [-0.15, -0.1) is 0 Å². The highest BCUT2D eigenvalue weighted by Crippen LogP contribution is 2.49. The Kier molecular flexibility index (Phi) is 4.76. The maximum atomic E-state index is 12.7. The molecule has 2 nitrogen and oxygen atoms in total. The number of rotatable bonds is 3. The summed E-state index contributed by atoms with van der Waals surface area (Å²) in [5.74, 6) is 0.0772. The molecule has 0 saturated heterocycles. The minimum absolute atomic E-state index is 0.0481. The third-order valence-electron chi connectivity index (χ3n) is 5.12. The Morgan fingerprint density at radius 1 is 1.24 bits per heavy atom. The molecular formula is C20H22F3NO. The summed E-state index contributed by atoms with van der Waals surface area (Å²) >= 11 is 0. The molecule has 1 amide bonds. The highest BCUT2D eigenvalue weighted by Gasteiger charge is 2.46. The highest BCUT2D eigenvalue weighted by molar-refractivity contribution is 5.83. The summed E-state index contributed by atoms with van der Waals surface area (Å²) in [6.07, 6.45) is 1.31. The molecular weight excluding hydrogens is 327 g/mol. The maximum absolute atomic E-state index is 12.7. The van der Waals surface area contributed by atoms with Crippen molar-refractivity contribution in [2.45, 2.75) is 38.8 Å². The Morgan fingerprint density at radius 2 is 1.92 bits per heavy atom. The third kappa shape index (κ3) is 3.80. The molecule has 1 aromatic carbocycles. The Hall–Kier alpha value is -2.04. The van der Waals surface area contributed by atoms with E-state index in [1.54, 1.807) is 0 Å². The van der Waals surface area contributed by atoms with Crippen LogP contribution in [0, 0.1) is 5.92 Å². The van der Waals surface area contributed by atoms with Crippen molar-refractivity contribution in [1.82, 2.24) is 4.90 Å². The zero-order valence-corrected chi connectivity index (χ0v) is 14.4. The van der Waals surface area contributed by atoms with Crippen molar-refractivity contribution in [3.05, 3.63) is 58.7 Å². The fourth-order valence-corrected chi connectivity index (χ4v) is 3.46. The average molecular weight is 349 g/mol. The molecule has 134 valence electrons. The van der Waals surface area contributed by atoms with Gasteiger partial charge in [-0.05, 0) is 55.9 Å². The number of benzene rings is 1. The van der Waals surface area contributed by atoms with E-state index in [0.29, 0.717) is 6.54 Å². The van der Waals surface area contributed by atoms with Crippen LogP contribution in [0.4, 0.5) is 13.2 Å². The van der Waals surface area contributed by atoms with E-state index in [1.165, 1.54) is 23.3 Å². The minimum Gasteiger partial charge on any atom is -0.338 e. The number of alkyl halides is 3. The van der Waals surface area contributed by atoms with Gasteiger partial charge in [0.15, 0.2) is 0 Å². The molecule has 0 N–H and O–H groups in total. The van der Waals surface area contributed by atoms with Gasteiger partial charge in [-0.25, -0.2) is 0 Å². The molecule has 1 aliphatic heterocycles. The predicted octanol–water partition coefficient (Wildman–Crippen LogP) is 4.93. The SMILES string of the molecule is C/C=C\C1=C(C)CCN(C(=O)C2CC2c2ccc(C(F)(F)F)cc2)C1. The third-order valence-corrected chi connectivity index (χ3v) is 5.12. The molecule has 2 aliphatic rings. The van der Waals surface area contributed by atoms with Gasteiger partial charge in [-0.1, -0.05) is 29.9 Å². The molecule has 0 spiro atoms. The summed E-state index contributed by atoms with van der Waals surface area (Å²) in [6.45, 7) is 5.41. The van der Waals surface area contributed by atoms with E-state index in [2.05, 4.69) is 13.0 Å². The fourth-order valence-electron chi connectivity index (χ4n) is 3.46. The molecule has 2 atom stereocenters. The van der Waals surface area contributed by atoms with Crippen molar-refractivity contribution in [3.8, 4) is 0 Å². The van der Waals surface area contributed by atoms with Crippen LogP contribution in [0.5, 0.6) is 0 Å². The van der Waals surface area contributed by atoms with Crippen LogP contribution in [0.25, 0.3) is 0 Å². The zero-order valence-electron chi connectivity index (χ0n) is 14.4. The van der Waals surface area contributed by atoms with Crippen molar-refractivity contribution < 1.29 is 18.0 Å². The van der Waals surface area contributed by atoms with Crippen LogP contribution in [0.1, 0.15) is 43.7 Å². The van der Waals surface area contributed by atoms with E-state index in [4.69, 9.17) is 0 Å². The molecule has 0 radical (unpaired) electrons. The number of carbonyl (C=O) groups is 1. The number of allylic oxidation sites excluding steroid dienone is 1. The van der Waals surface area contributed by atoms with Crippen molar-refractivity contribution in [3.63, 3.8) is 0 Å². The lowest BCUT2D eigenvalue weighted by Crippen LogP contribution is -2.37. The lowest BCUT2D eigenvalue weighted by Gasteiger charge is -2.29. The summed E-state index contributed by atoms with van der Waals surface area (Å²) in [5.41, 5.74) is 2.68. The van der Waals surface area contributed by atoms with Gasteiger partial charge in [0.1, 0.15) is 0 Å². The molecule has 5 heteroatoms. The van der Waals surface area contributed by atoms with E-state index in [9.17, 15) is 18.0 Å². The lowest BCUT2D eigenvalue weighted by atomic mass is 10.00. The summed E-state index contributed by atoms with van der Waals surface area (Å²) < 4.78 is 37.9. The van der Waals surface area contributed by atoms with Crippen LogP contribution in [-0.2, 0) is 11.0 Å². The number of carbonyl (C=O) groups excluding carboxylic acids is 1. The Morgan fingerprint density at radius 3 is 2.52 bits per heavy atom. The monoisotopic (exact) mass is 349 g/mol. The van der Waals surface area contributed by atoms with E-state index >= 15 is 0 Å². The van der Waals surface area contributed by atoms with Crippen LogP contribution >= 0.6 is 0 Å². The van der Waals surface area contributed by atoms with Gasteiger partial charge in [0, 0.05) is 19.0 Å². The van der Waals surface area contributed by atoms with Crippen LogP contribution in [-0.4, -0.2) is 23.9 Å². The topological polar surface area (TPSA) is 20.3 Å². The van der Waals surface area contributed by atoms with Gasteiger partial charge in [-0.3, -0.25) is 4.79 Å². The maximum Gasteiger partial charge on any atom is 0.416 e. The minimum atomic E-state index is -4.32. The van der Waals surface area contributed by atoms with Crippen molar-refractivity contribution >= 4 is 5.91 Å². The zero-order chi connectivity index (χ0) is 18.2. The van der Waals surface area contributed by atoms with Gasteiger partial charge in [-0.2, -0.15) is 13.2 Å². The fraction of sp³-hybridized carbons (Fsp3) is 0.450. The Labute approximate surface area is 146 Å². The summed E-state index contributed by atoms with van der Waals surface area (Å²) in [4.78, 5) is 14.6. The van der Waals surface area contributed by atoms with Gasteiger partial charge < -0.3 is 4.90 Å². The predicted molar refractivity (Wildman–Crippen MR) is 91.0 cm³/mol. The quantitative estimate of drug-likeness (QED) is 0.757. The van der Waals surface area contributed by atoms with Gasteiger partial charge in [0.05, 0.1) is 5.56 Å². The smallest absolute Gasteiger partial charge is 0.338 e. The van der Waals surface area contributed by atoms with Crippen LogP contribution < -0.4 is 0 Å². The molecule has 25 heavy (non-hydrogen) atoms. The summed E-state index contributed by atoms with van der Waals surface area (Å²) in [6, 6.07) is 5.22. The second-order valence-corrected chi connectivity index (χ2v) is 6.88. The van der Waals surface area contributed by atoms with Gasteiger partial charge in [0.2, 0.25) is 5.91 Å². The number of hydrogen-bond acceptors (Lipinski definition) is 1. The molecule has 1 aromatic rings. The van der Waals surface area contributed by atoms with Crippen LogP contribution in [0.2, 0.25) is 0 Å². The van der Waals surface area contributed by atoms with Crippen molar-refractivity contribution in [2.75, 3.05) is 13.1 Å². The first-order valence-corrected chi connectivity index (χ1v) is 8.58. The van der Waals surface area contributed by atoms with Gasteiger partial charge >= 0.3 is 6.18 Å². The lowest BCUT2D eigenvalue weighted by molar-refractivity contribution is -0.137. The van der Waals surface area contributed by atoms with Crippen LogP contribution in [0.15, 0.2) is 47.6 Å². The van der Waals surface area contributed by atoms with Crippen molar-refractivity contribution in [2.24, 2.45) is 5.92 Å². The molecule has 1 heterocycles. The van der Waals surface area contributed by atoms with E-state index in [-0.39, 0.29) is 17.7 Å². The molecule has 3 rings (SSSR count). The standard InChI is InChI=1S/C20H22F3NO/c1-3-4-15-12-24(10-9-13(15)2)19(25)18-11-17(18)14-5-7-16(8-6-14)20(21,22)23/h3-8,17-18H,9-12H2,1-2H3/b4-3-. The second kappa shape index (κ2) is 6.70. The van der Waals surface area contributed by atoms with E-state index in [0.717, 1.165) is 37.1 Å². The molecule has 0 bridgehead atoms. The first-order chi connectivity index (χ1) is 11.8. The average Bonchev–Trinajstić information content (AvgIpc) is 3.36. The summed E-state index contributed by atoms with van der Waals surface area (Å²) in [5, 5.41) is 0. The number of hydrogen-bond donors (Lipinski definition) is 0. The Bertz CT molecular complexity index is 715. The molecule has 1 aliphatic carbocycles. The number of halogens is 3. The van der Waals surface area contributed by atoms with E-state index < -0.39 is 11.7 Å². The first kappa shape index (κ1) is 17.8. The number of amides is 1.